The Kier molecular flexibility index (Phi) is 5.15. The number of hydrogen-bond acceptors (Lipinski definition) is 4. The standard InChI is InChI=1S/C23H21N3O2/c1-28-22-16-18(17-10-13-24-14-11-17)6-5-9-20(23(22)27)21-12-15-25-26(21)19-7-3-2-4-8-19/h2-4,7-16,18H,5-6H2,1H3. The summed E-state index contributed by atoms with van der Waals surface area (Å²) >= 11 is 0. The Labute approximate surface area is 164 Å². The Hall–Kier alpha value is -3.47. The first-order valence-corrected chi connectivity index (χ1v) is 9.28. The summed E-state index contributed by atoms with van der Waals surface area (Å²) in [6, 6.07) is 15.6. The number of methoxy groups -OCH3 is 1. The number of nitrogens with zero attached hydrogens (tertiary/aromatic N) is 3. The van der Waals surface area contributed by atoms with Gasteiger partial charge in [-0.15, -0.1) is 0 Å². The number of allylic oxidation sites excluding steroid dienone is 3. The van der Waals surface area contributed by atoms with Crippen LogP contribution in [0, 0.1) is 0 Å². The van der Waals surface area contributed by atoms with Gasteiger partial charge in [0.05, 0.1) is 24.7 Å². The van der Waals surface area contributed by atoms with E-state index in [0.717, 1.165) is 29.8 Å². The minimum absolute atomic E-state index is 0.110. The fraction of sp³-hybridized carbons (Fsp3) is 0.174. The summed E-state index contributed by atoms with van der Waals surface area (Å²) in [5.74, 6) is 0.339. The van der Waals surface area contributed by atoms with Crippen LogP contribution in [0.4, 0.5) is 0 Å². The van der Waals surface area contributed by atoms with Crippen LogP contribution in [0.2, 0.25) is 0 Å². The van der Waals surface area contributed by atoms with E-state index in [0.29, 0.717) is 11.3 Å². The van der Waals surface area contributed by atoms with Gasteiger partial charge in [0.15, 0.2) is 5.76 Å². The highest BCUT2D eigenvalue weighted by molar-refractivity contribution is 6.27. The lowest BCUT2D eigenvalue weighted by atomic mass is 9.89. The number of rotatable bonds is 4. The fourth-order valence-corrected chi connectivity index (χ4v) is 3.51. The first kappa shape index (κ1) is 17.9. The Morgan fingerprint density at radius 1 is 1.04 bits per heavy atom. The van der Waals surface area contributed by atoms with E-state index in [1.807, 2.05) is 60.7 Å². The third-order valence-corrected chi connectivity index (χ3v) is 4.92. The second kappa shape index (κ2) is 8.05. The lowest BCUT2D eigenvalue weighted by molar-refractivity contribution is -0.113. The molecule has 0 fully saturated rings. The van der Waals surface area contributed by atoms with Crippen LogP contribution in [0.15, 0.2) is 85.0 Å². The number of benzene rings is 1. The summed E-state index contributed by atoms with van der Waals surface area (Å²) in [5.41, 5.74) is 3.42. The van der Waals surface area contributed by atoms with E-state index in [9.17, 15) is 4.79 Å². The lowest BCUT2D eigenvalue weighted by Crippen LogP contribution is -2.14. The Morgan fingerprint density at radius 2 is 1.82 bits per heavy atom. The molecule has 28 heavy (non-hydrogen) atoms. The van der Waals surface area contributed by atoms with Gasteiger partial charge in [-0.05, 0) is 54.8 Å². The molecule has 0 saturated carbocycles. The highest BCUT2D eigenvalue weighted by Gasteiger charge is 2.25. The molecule has 0 amide bonds. The maximum absolute atomic E-state index is 13.3. The van der Waals surface area contributed by atoms with Crippen molar-refractivity contribution in [3.8, 4) is 5.69 Å². The number of Topliss-reactive ketones (excluding diaryl/α,β-unsaturated/α-hetero) is 1. The van der Waals surface area contributed by atoms with Gasteiger partial charge < -0.3 is 4.74 Å². The number of carbonyl (C=O) groups excluding carboxylic acids is 1. The molecule has 0 spiro atoms. The van der Waals surface area contributed by atoms with E-state index in [1.165, 1.54) is 0 Å². The molecule has 1 aliphatic carbocycles. The van der Waals surface area contributed by atoms with Crippen LogP contribution in [0.5, 0.6) is 0 Å². The first-order chi connectivity index (χ1) is 13.8. The van der Waals surface area contributed by atoms with Crippen molar-refractivity contribution in [2.24, 2.45) is 0 Å². The molecule has 0 bridgehead atoms. The number of ketones is 1. The van der Waals surface area contributed by atoms with Gasteiger partial charge in [-0.3, -0.25) is 9.78 Å². The van der Waals surface area contributed by atoms with Gasteiger partial charge in [0.1, 0.15) is 0 Å². The summed E-state index contributed by atoms with van der Waals surface area (Å²) in [6.45, 7) is 0. The molecular weight excluding hydrogens is 350 g/mol. The molecule has 1 aromatic carbocycles. The second-order valence-corrected chi connectivity index (χ2v) is 6.61. The van der Waals surface area contributed by atoms with Crippen LogP contribution in [-0.2, 0) is 9.53 Å². The monoisotopic (exact) mass is 371 g/mol. The number of hydrogen-bond donors (Lipinski definition) is 0. The van der Waals surface area contributed by atoms with E-state index in [2.05, 4.69) is 10.1 Å². The molecule has 2 heterocycles. The van der Waals surface area contributed by atoms with Gasteiger partial charge in [-0.1, -0.05) is 24.3 Å². The average molecular weight is 371 g/mol. The summed E-state index contributed by atoms with van der Waals surface area (Å²) in [7, 11) is 1.54. The van der Waals surface area contributed by atoms with Crippen LogP contribution in [-0.4, -0.2) is 27.7 Å². The van der Waals surface area contributed by atoms with Crippen LogP contribution < -0.4 is 0 Å². The molecule has 4 rings (SSSR count). The zero-order valence-corrected chi connectivity index (χ0v) is 15.7. The van der Waals surface area contributed by atoms with Crippen molar-refractivity contribution in [1.82, 2.24) is 14.8 Å². The van der Waals surface area contributed by atoms with E-state index in [-0.39, 0.29) is 11.7 Å². The Morgan fingerprint density at radius 3 is 2.57 bits per heavy atom. The molecule has 0 N–H and O–H groups in total. The van der Waals surface area contributed by atoms with Crippen LogP contribution in [0.1, 0.15) is 30.0 Å². The smallest absolute Gasteiger partial charge is 0.229 e. The van der Waals surface area contributed by atoms with Crippen molar-refractivity contribution in [2.45, 2.75) is 18.8 Å². The summed E-state index contributed by atoms with van der Waals surface area (Å²) < 4.78 is 7.28. The SMILES string of the molecule is COC1=CC(c2ccncc2)CCC=C(c2ccnn2-c2ccccc2)C1=O. The van der Waals surface area contributed by atoms with Crippen molar-refractivity contribution < 1.29 is 9.53 Å². The fourth-order valence-electron chi connectivity index (χ4n) is 3.51. The van der Waals surface area contributed by atoms with Gasteiger partial charge >= 0.3 is 0 Å². The van der Waals surface area contributed by atoms with E-state index in [4.69, 9.17) is 4.74 Å². The molecule has 1 unspecified atom stereocenters. The minimum atomic E-state index is -0.126. The number of ether oxygens (including phenoxy) is 1. The van der Waals surface area contributed by atoms with Crippen LogP contribution in [0.3, 0.4) is 0 Å². The molecule has 5 nitrogen and oxygen atoms in total. The topological polar surface area (TPSA) is 57.0 Å². The third kappa shape index (κ3) is 3.51. The van der Waals surface area contributed by atoms with Gasteiger partial charge in [0, 0.05) is 23.9 Å². The predicted octanol–water partition coefficient (Wildman–Crippen LogP) is 4.33. The van der Waals surface area contributed by atoms with E-state index in [1.54, 1.807) is 30.4 Å². The zero-order chi connectivity index (χ0) is 19.3. The van der Waals surface area contributed by atoms with Crippen molar-refractivity contribution in [2.75, 3.05) is 7.11 Å². The molecule has 0 aliphatic heterocycles. The maximum atomic E-state index is 13.3. The van der Waals surface area contributed by atoms with Gasteiger partial charge in [0.2, 0.25) is 5.78 Å². The predicted molar refractivity (Wildman–Crippen MR) is 108 cm³/mol. The van der Waals surface area contributed by atoms with Gasteiger partial charge in [0.25, 0.3) is 0 Å². The molecule has 1 atom stereocenters. The summed E-state index contributed by atoms with van der Waals surface area (Å²) in [4.78, 5) is 17.4. The molecular formula is C23H21N3O2. The lowest BCUT2D eigenvalue weighted by Gasteiger charge is -2.19. The van der Waals surface area contributed by atoms with E-state index < -0.39 is 0 Å². The van der Waals surface area contributed by atoms with Crippen molar-refractivity contribution in [3.63, 3.8) is 0 Å². The molecule has 3 aromatic rings. The molecule has 5 heteroatoms. The second-order valence-electron chi connectivity index (χ2n) is 6.61. The van der Waals surface area contributed by atoms with E-state index >= 15 is 0 Å². The number of para-hydroxylation sites is 1. The molecule has 0 saturated heterocycles. The molecule has 0 radical (unpaired) electrons. The largest absolute Gasteiger partial charge is 0.493 e. The van der Waals surface area contributed by atoms with Crippen molar-refractivity contribution in [3.05, 3.63) is 96.3 Å². The molecule has 2 aromatic heterocycles. The minimum Gasteiger partial charge on any atom is -0.493 e. The van der Waals surface area contributed by atoms with Crippen LogP contribution in [0.25, 0.3) is 11.3 Å². The summed E-state index contributed by atoms with van der Waals surface area (Å²) in [5, 5.41) is 4.42. The number of carbonyl (C=O) groups is 1. The van der Waals surface area contributed by atoms with Gasteiger partial charge in [-0.2, -0.15) is 5.10 Å². The Bertz CT molecular complexity index is 1020. The number of aromatic nitrogens is 3. The van der Waals surface area contributed by atoms with Crippen molar-refractivity contribution in [1.29, 1.82) is 0 Å². The normalized spacial score (nSPS) is 17.3. The molecule has 140 valence electrons. The van der Waals surface area contributed by atoms with Gasteiger partial charge in [-0.25, -0.2) is 4.68 Å². The third-order valence-electron chi connectivity index (χ3n) is 4.92. The number of pyridine rings is 1. The highest BCUT2D eigenvalue weighted by Crippen LogP contribution is 2.31. The molecule has 1 aliphatic rings. The van der Waals surface area contributed by atoms with Crippen molar-refractivity contribution >= 4 is 11.4 Å². The summed E-state index contributed by atoms with van der Waals surface area (Å²) in [6.07, 6.45) is 10.8. The Balaban J connectivity index is 1.71. The first-order valence-electron chi connectivity index (χ1n) is 9.28. The zero-order valence-electron chi connectivity index (χ0n) is 15.7. The highest BCUT2D eigenvalue weighted by atomic mass is 16.5. The quantitative estimate of drug-likeness (QED) is 0.685. The van der Waals surface area contributed by atoms with Crippen LogP contribution >= 0.6 is 0 Å². The average Bonchev–Trinajstić information content (AvgIpc) is 3.22. The maximum Gasteiger partial charge on any atom is 0.229 e.